The Kier molecular flexibility index (Phi) is 6.56. The van der Waals surface area contributed by atoms with E-state index in [1.165, 1.54) is 0 Å². The molecule has 19 heavy (non-hydrogen) atoms. The van der Waals surface area contributed by atoms with Gasteiger partial charge in [-0.2, -0.15) is 4.98 Å². The fraction of sp³-hybridized carbons (Fsp3) is 0.714. The molecule has 108 valence electrons. The van der Waals surface area contributed by atoms with Crippen LogP contribution in [0.3, 0.4) is 0 Å². The fourth-order valence-electron chi connectivity index (χ4n) is 1.71. The number of aryl methyl sites for hydroxylation is 1. The molecule has 0 saturated heterocycles. The fourth-order valence-corrected chi connectivity index (χ4v) is 1.71. The number of nitrogens with one attached hydrogen (secondary N) is 1. The lowest BCUT2D eigenvalue weighted by atomic mass is 10.3. The summed E-state index contributed by atoms with van der Waals surface area (Å²) in [5.74, 6) is 2.33. The van der Waals surface area contributed by atoms with E-state index in [1.54, 1.807) is 0 Å². The summed E-state index contributed by atoms with van der Waals surface area (Å²) in [7, 11) is 4.12. The monoisotopic (exact) mass is 266 g/mol. The van der Waals surface area contributed by atoms with Gasteiger partial charge < -0.3 is 15.0 Å². The number of nitrogens with zero attached hydrogens (tertiary/aromatic N) is 3. The molecule has 0 spiro atoms. The summed E-state index contributed by atoms with van der Waals surface area (Å²) in [5.41, 5.74) is 0.990. The van der Waals surface area contributed by atoms with Gasteiger partial charge in [0.25, 0.3) is 0 Å². The van der Waals surface area contributed by atoms with E-state index in [1.807, 2.05) is 13.8 Å². The van der Waals surface area contributed by atoms with E-state index in [-0.39, 0.29) is 0 Å². The van der Waals surface area contributed by atoms with Gasteiger partial charge in [0.15, 0.2) is 0 Å². The molecule has 1 aromatic heterocycles. The number of rotatable bonds is 8. The molecule has 1 rings (SSSR count). The molecule has 0 fully saturated rings. The summed E-state index contributed by atoms with van der Waals surface area (Å²) in [4.78, 5) is 10.9. The van der Waals surface area contributed by atoms with E-state index >= 15 is 0 Å². The SMILES string of the molecule is CCCNc1nc(C)nc(OCCCN(C)C)c1C. The molecule has 5 heteroatoms. The molecule has 0 amide bonds. The maximum absolute atomic E-state index is 5.77. The zero-order chi connectivity index (χ0) is 14.3. The number of aromatic nitrogens is 2. The third-order valence-electron chi connectivity index (χ3n) is 2.74. The summed E-state index contributed by atoms with van der Waals surface area (Å²) >= 11 is 0. The Morgan fingerprint density at radius 2 is 1.95 bits per heavy atom. The van der Waals surface area contributed by atoms with Crippen molar-refractivity contribution >= 4 is 5.82 Å². The van der Waals surface area contributed by atoms with Crippen molar-refractivity contribution in [1.29, 1.82) is 0 Å². The van der Waals surface area contributed by atoms with Crippen molar-refractivity contribution in [2.75, 3.05) is 39.1 Å². The van der Waals surface area contributed by atoms with Gasteiger partial charge in [-0.05, 0) is 40.8 Å². The molecule has 1 heterocycles. The van der Waals surface area contributed by atoms with Crippen LogP contribution in [0.15, 0.2) is 0 Å². The molecule has 0 atom stereocenters. The summed E-state index contributed by atoms with van der Waals surface area (Å²) in [5, 5.41) is 3.31. The van der Waals surface area contributed by atoms with Gasteiger partial charge in [-0.3, -0.25) is 0 Å². The van der Waals surface area contributed by atoms with Crippen molar-refractivity contribution in [3.63, 3.8) is 0 Å². The Hall–Kier alpha value is -1.36. The minimum Gasteiger partial charge on any atom is -0.477 e. The average molecular weight is 266 g/mol. The molecular formula is C14H26N4O. The highest BCUT2D eigenvalue weighted by Crippen LogP contribution is 2.21. The quantitative estimate of drug-likeness (QED) is 0.731. The van der Waals surface area contributed by atoms with E-state index in [9.17, 15) is 0 Å². The predicted octanol–water partition coefficient (Wildman–Crippen LogP) is 2.25. The molecule has 1 N–H and O–H groups in total. The van der Waals surface area contributed by atoms with E-state index in [0.29, 0.717) is 12.5 Å². The summed E-state index contributed by atoms with van der Waals surface area (Å²) in [6, 6.07) is 0. The molecule has 0 bridgehead atoms. The number of hydrogen-bond acceptors (Lipinski definition) is 5. The van der Waals surface area contributed by atoms with Gasteiger partial charge >= 0.3 is 0 Å². The summed E-state index contributed by atoms with van der Waals surface area (Å²) < 4.78 is 5.77. The lowest BCUT2D eigenvalue weighted by Gasteiger charge is -2.14. The maximum atomic E-state index is 5.77. The second-order valence-corrected chi connectivity index (χ2v) is 4.98. The molecule has 5 nitrogen and oxygen atoms in total. The molecule has 1 aromatic rings. The topological polar surface area (TPSA) is 50.3 Å². The first kappa shape index (κ1) is 15.7. The van der Waals surface area contributed by atoms with Gasteiger partial charge in [0.2, 0.25) is 5.88 Å². The van der Waals surface area contributed by atoms with Crippen LogP contribution in [0.2, 0.25) is 0 Å². The molecule has 0 unspecified atom stereocenters. The van der Waals surface area contributed by atoms with Crippen molar-refractivity contribution in [2.24, 2.45) is 0 Å². The Morgan fingerprint density at radius 3 is 2.58 bits per heavy atom. The Morgan fingerprint density at radius 1 is 1.21 bits per heavy atom. The normalized spacial score (nSPS) is 10.8. The van der Waals surface area contributed by atoms with Gasteiger partial charge in [-0.25, -0.2) is 4.98 Å². The second-order valence-electron chi connectivity index (χ2n) is 4.98. The standard InChI is InChI=1S/C14H26N4O/c1-6-8-15-13-11(2)14(17-12(3)16-13)19-10-7-9-18(4)5/h6-10H2,1-5H3,(H,15,16,17). The maximum Gasteiger partial charge on any atom is 0.221 e. The lowest BCUT2D eigenvalue weighted by Crippen LogP contribution is -2.16. The molecule has 0 aliphatic carbocycles. The van der Waals surface area contributed by atoms with E-state index in [4.69, 9.17) is 4.74 Å². The Bertz CT molecular complexity index is 393. The van der Waals surface area contributed by atoms with Gasteiger partial charge in [-0.1, -0.05) is 6.92 Å². The van der Waals surface area contributed by atoms with E-state index in [0.717, 1.165) is 43.1 Å². The predicted molar refractivity (Wildman–Crippen MR) is 79.0 cm³/mol. The van der Waals surface area contributed by atoms with Crippen LogP contribution >= 0.6 is 0 Å². The van der Waals surface area contributed by atoms with Crippen LogP contribution in [-0.4, -0.2) is 48.7 Å². The summed E-state index contributed by atoms with van der Waals surface area (Å²) in [6.07, 6.45) is 2.06. The van der Waals surface area contributed by atoms with Gasteiger partial charge in [0, 0.05) is 13.1 Å². The van der Waals surface area contributed by atoms with E-state index < -0.39 is 0 Å². The smallest absolute Gasteiger partial charge is 0.221 e. The van der Waals surface area contributed by atoms with Gasteiger partial charge in [-0.15, -0.1) is 0 Å². The van der Waals surface area contributed by atoms with Crippen LogP contribution < -0.4 is 10.1 Å². The van der Waals surface area contributed by atoms with Crippen LogP contribution in [-0.2, 0) is 0 Å². The van der Waals surface area contributed by atoms with Crippen molar-refractivity contribution in [1.82, 2.24) is 14.9 Å². The van der Waals surface area contributed by atoms with Crippen molar-refractivity contribution < 1.29 is 4.74 Å². The minimum atomic E-state index is 0.683. The first-order valence-electron chi connectivity index (χ1n) is 6.91. The largest absolute Gasteiger partial charge is 0.477 e. The highest BCUT2D eigenvalue weighted by molar-refractivity contribution is 5.48. The zero-order valence-corrected chi connectivity index (χ0v) is 12.8. The number of anilines is 1. The second kappa shape index (κ2) is 7.94. The minimum absolute atomic E-state index is 0.683. The molecule has 0 aromatic carbocycles. The van der Waals surface area contributed by atoms with Crippen LogP contribution in [0.5, 0.6) is 5.88 Å². The van der Waals surface area contributed by atoms with Crippen LogP contribution in [0.4, 0.5) is 5.82 Å². The van der Waals surface area contributed by atoms with Crippen LogP contribution in [0, 0.1) is 13.8 Å². The molecular weight excluding hydrogens is 240 g/mol. The highest BCUT2D eigenvalue weighted by atomic mass is 16.5. The Labute approximate surface area is 116 Å². The van der Waals surface area contributed by atoms with Crippen molar-refractivity contribution in [3.8, 4) is 5.88 Å². The Balaban J connectivity index is 2.63. The van der Waals surface area contributed by atoms with Crippen molar-refractivity contribution in [2.45, 2.75) is 33.6 Å². The van der Waals surface area contributed by atoms with Crippen molar-refractivity contribution in [3.05, 3.63) is 11.4 Å². The average Bonchev–Trinajstić information content (AvgIpc) is 2.36. The third-order valence-corrected chi connectivity index (χ3v) is 2.74. The first-order chi connectivity index (χ1) is 9.04. The first-order valence-corrected chi connectivity index (χ1v) is 6.91. The number of ether oxygens (including phenoxy) is 1. The zero-order valence-electron chi connectivity index (χ0n) is 12.8. The highest BCUT2D eigenvalue weighted by Gasteiger charge is 2.09. The molecule has 0 aliphatic heterocycles. The van der Waals surface area contributed by atoms with Gasteiger partial charge in [0.05, 0.1) is 12.2 Å². The van der Waals surface area contributed by atoms with Crippen LogP contribution in [0.25, 0.3) is 0 Å². The molecule has 0 saturated carbocycles. The lowest BCUT2D eigenvalue weighted by molar-refractivity contribution is 0.271. The van der Waals surface area contributed by atoms with Crippen LogP contribution in [0.1, 0.15) is 31.2 Å². The molecule has 0 radical (unpaired) electrons. The molecule has 0 aliphatic rings. The van der Waals surface area contributed by atoms with E-state index in [2.05, 4.69) is 41.2 Å². The number of hydrogen-bond donors (Lipinski definition) is 1. The summed E-state index contributed by atoms with van der Waals surface area (Å²) in [6.45, 7) is 8.64. The van der Waals surface area contributed by atoms with Gasteiger partial charge in [0.1, 0.15) is 11.6 Å². The third kappa shape index (κ3) is 5.42.